The highest BCUT2D eigenvalue weighted by atomic mass is 16.5. The van der Waals surface area contributed by atoms with Crippen molar-refractivity contribution in [1.29, 1.82) is 0 Å². The van der Waals surface area contributed by atoms with Crippen molar-refractivity contribution in [2.45, 2.75) is 19.2 Å². The molecular weight excluding hydrogens is 188 g/mol. The van der Waals surface area contributed by atoms with Crippen LogP contribution in [0.25, 0.3) is 0 Å². The van der Waals surface area contributed by atoms with E-state index < -0.39 is 12.0 Å². The summed E-state index contributed by atoms with van der Waals surface area (Å²) < 4.78 is 5.82. The van der Waals surface area contributed by atoms with Crippen molar-refractivity contribution < 1.29 is 14.6 Å². The lowest BCUT2D eigenvalue weighted by molar-refractivity contribution is -0.142. The Bertz CT molecular complexity index is 312. The molecule has 0 spiro atoms. The van der Waals surface area contributed by atoms with Crippen molar-refractivity contribution in [2.24, 2.45) is 5.73 Å². The first-order valence-corrected chi connectivity index (χ1v) is 4.00. The molecule has 7 nitrogen and oxygen atoms in total. The first kappa shape index (κ1) is 10.6. The fourth-order valence-corrected chi connectivity index (χ4v) is 0.928. The summed E-state index contributed by atoms with van der Waals surface area (Å²) in [4.78, 5) is 10.9. The van der Waals surface area contributed by atoms with Gasteiger partial charge in [0.1, 0.15) is 11.7 Å². The van der Waals surface area contributed by atoms with Crippen LogP contribution in [0.2, 0.25) is 0 Å². The van der Waals surface area contributed by atoms with Crippen molar-refractivity contribution in [3.8, 4) is 0 Å². The van der Waals surface area contributed by atoms with E-state index >= 15 is 0 Å². The second kappa shape index (κ2) is 4.68. The van der Waals surface area contributed by atoms with Crippen LogP contribution in [-0.4, -0.2) is 39.2 Å². The number of rotatable bonds is 4. The summed E-state index contributed by atoms with van der Waals surface area (Å²) in [7, 11) is 1.27. The number of aliphatic hydroxyl groups excluding tert-OH is 1. The van der Waals surface area contributed by atoms with Gasteiger partial charge in [-0.1, -0.05) is 5.21 Å². The predicted octanol–water partition coefficient (Wildman–Crippen LogP) is -1.73. The zero-order valence-corrected chi connectivity index (χ0v) is 7.75. The molecule has 78 valence electrons. The van der Waals surface area contributed by atoms with Gasteiger partial charge in [-0.25, -0.2) is 0 Å². The molecule has 0 fully saturated rings. The normalized spacial score (nSPS) is 12.5. The highest BCUT2D eigenvalue weighted by molar-refractivity contribution is 5.75. The molecule has 0 aromatic carbocycles. The number of esters is 1. The molecule has 0 saturated heterocycles. The average molecular weight is 200 g/mol. The third-order valence-corrected chi connectivity index (χ3v) is 1.64. The third-order valence-electron chi connectivity index (χ3n) is 1.64. The summed E-state index contributed by atoms with van der Waals surface area (Å²) >= 11 is 0. The molecule has 0 aliphatic carbocycles. The summed E-state index contributed by atoms with van der Waals surface area (Å²) in [6.45, 7) is -0.00681. The zero-order valence-electron chi connectivity index (χ0n) is 7.75. The SMILES string of the molecule is COC(=O)[C@@H](N)Cn1cc(CO)nn1. The fourth-order valence-electron chi connectivity index (χ4n) is 0.928. The summed E-state index contributed by atoms with van der Waals surface area (Å²) in [6.07, 6.45) is 1.52. The molecule has 0 bridgehead atoms. The van der Waals surface area contributed by atoms with Gasteiger partial charge in [0.2, 0.25) is 0 Å². The minimum absolute atomic E-state index is 0.180. The van der Waals surface area contributed by atoms with Gasteiger partial charge >= 0.3 is 5.97 Å². The molecule has 1 aromatic rings. The van der Waals surface area contributed by atoms with Gasteiger partial charge < -0.3 is 15.6 Å². The Morgan fingerprint density at radius 1 is 1.86 bits per heavy atom. The van der Waals surface area contributed by atoms with Crippen LogP contribution in [0.3, 0.4) is 0 Å². The van der Waals surface area contributed by atoms with E-state index in [2.05, 4.69) is 15.0 Å². The fraction of sp³-hybridized carbons (Fsp3) is 0.571. The quantitative estimate of drug-likeness (QED) is 0.560. The number of methoxy groups -OCH3 is 1. The van der Waals surface area contributed by atoms with Gasteiger partial charge in [-0.05, 0) is 0 Å². The smallest absolute Gasteiger partial charge is 0.324 e. The standard InChI is InChI=1S/C7H12N4O3/c1-14-7(13)6(8)3-11-2-5(4-12)9-10-11/h2,6,12H,3-4,8H2,1H3/t6-/m0/s1. The lowest BCUT2D eigenvalue weighted by Gasteiger charge is -2.07. The first-order valence-electron chi connectivity index (χ1n) is 4.00. The maximum Gasteiger partial charge on any atom is 0.324 e. The maximum absolute atomic E-state index is 10.9. The third kappa shape index (κ3) is 2.51. The molecule has 1 atom stereocenters. The summed E-state index contributed by atoms with van der Waals surface area (Å²) in [5.74, 6) is -0.508. The van der Waals surface area contributed by atoms with Gasteiger partial charge in [0.05, 0.1) is 26.5 Å². The van der Waals surface area contributed by atoms with Crippen LogP contribution in [0.4, 0.5) is 0 Å². The minimum Gasteiger partial charge on any atom is -0.468 e. The second-order valence-corrected chi connectivity index (χ2v) is 2.72. The van der Waals surface area contributed by atoms with Crippen LogP contribution in [-0.2, 0) is 22.7 Å². The lowest BCUT2D eigenvalue weighted by atomic mass is 10.3. The number of hydrogen-bond acceptors (Lipinski definition) is 6. The molecule has 0 aliphatic heterocycles. The molecule has 3 N–H and O–H groups in total. The van der Waals surface area contributed by atoms with Crippen LogP contribution in [0.5, 0.6) is 0 Å². The van der Waals surface area contributed by atoms with Gasteiger partial charge in [-0.2, -0.15) is 0 Å². The van der Waals surface area contributed by atoms with E-state index in [4.69, 9.17) is 10.8 Å². The second-order valence-electron chi connectivity index (χ2n) is 2.72. The predicted molar refractivity (Wildman–Crippen MR) is 45.9 cm³/mol. The molecule has 7 heteroatoms. The molecule has 1 aromatic heterocycles. The molecule has 0 unspecified atom stereocenters. The highest BCUT2D eigenvalue weighted by Crippen LogP contribution is 1.94. The largest absolute Gasteiger partial charge is 0.468 e. The molecule has 0 radical (unpaired) electrons. The van der Waals surface area contributed by atoms with Crippen LogP contribution in [0, 0.1) is 0 Å². The first-order chi connectivity index (χ1) is 6.67. The molecule has 0 saturated carbocycles. The van der Waals surface area contributed by atoms with E-state index in [1.54, 1.807) is 0 Å². The van der Waals surface area contributed by atoms with E-state index in [0.29, 0.717) is 5.69 Å². The van der Waals surface area contributed by atoms with Gasteiger partial charge in [0.15, 0.2) is 0 Å². The summed E-state index contributed by atoms with van der Waals surface area (Å²) in [5, 5.41) is 16.0. The number of hydrogen-bond donors (Lipinski definition) is 2. The molecule has 1 heterocycles. The average Bonchev–Trinajstić information content (AvgIpc) is 2.64. The van der Waals surface area contributed by atoms with Crippen molar-refractivity contribution in [3.05, 3.63) is 11.9 Å². The monoisotopic (exact) mass is 200 g/mol. The Morgan fingerprint density at radius 2 is 2.57 bits per heavy atom. The van der Waals surface area contributed by atoms with Gasteiger partial charge in [0, 0.05) is 0 Å². The van der Waals surface area contributed by atoms with Crippen molar-refractivity contribution in [3.63, 3.8) is 0 Å². The summed E-state index contributed by atoms with van der Waals surface area (Å²) in [6, 6.07) is -0.770. The Balaban J connectivity index is 2.55. The summed E-state index contributed by atoms with van der Waals surface area (Å²) in [5.41, 5.74) is 5.92. The molecular formula is C7H12N4O3. The van der Waals surface area contributed by atoms with E-state index in [-0.39, 0.29) is 13.2 Å². The Morgan fingerprint density at radius 3 is 3.07 bits per heavy atom. The van der Waals surface area contributed by atoms with Crippen LogP contribution in [0.1, 0.15) is 5.69 Å². The van der Waals surface area contributed by atoms with Gasteiger partial charge in [-0.3, -0.25) is 9.48 Å². The lowest BCUT2D eigenvalue weighted by Crippen LogP contribution is -2.36. The van der Waals surface area contributed by atoms with E-state index in [9.17, 15) is 4.79 Å². The number of nitrogens with zero attached hydrogens (tertiary/aromatic N) is 3. The highest BCUT2D eigenvalue weighted by Gasteiger charge is 2.14. The molecule has 1 rings (SSSR count). The van der Waals surface area contributed by atoms with E-state index in [0.717, 1.165) is 0 Å². The van der Waals surface area contributed by atoms with Crippen LogP contribution in [0.15, 0.2) is 6.20 Å². The van der Waals surface area contributed by atoms with Crippen molar-refractivity contribution in [1.82, 2.24) is 15.0 Å². The van der Waals surface area contributed by atoms with Crippen LogP contribution >= 0.6 is 0 Å². The van der Waals surface area contributed by atoms with Gasteiger partial charge in [-0.15, -0.1) is 5.10 Å². The van der Waals surface area contributed by atoms with Crippen molar-refractivity contribution in [2.75, 3.05) is 7.11 Å². The maximum atomic E-state index is 10.9. The molecule has 0 aliphatic rings. The zero-order chi connectivity index (χ0) is 10.6. The number of aliphatic hydroxyl groups is 1. The number of nitrogens with two attached hydrogens (primary N) is 1. The van der Waals surface area contributed by atoms with Crippen LogP contribution < -0.4 is 5.73 Å². The minimum atomic E-state index is -0.770. The Labute approximate surface area is 80.5 Å². The number of ether oxygens (including phenoxy) is 1. The van der Waals surface area contributed by atoms with Crippen molar-refractivity contribution >= 4 is 5.97 Å². The number of carbonyl (C=O) groups excluding carboxylic acids is 1. The van der Waals surface area contributed by atoms with E-state index in [1.807, 2.05) is 0 Å². The topological polar surface area (TPSA) is 103 Å². The Kier molecular flexibility index (Phi) is 3.55. The molecule has 14 heavy (non-hydrogen) atoms. The number of carbonyl (C=O) groups is 1. The number of aromatic nitrogens is 3. The van der Waals surface area contributed by atoms with E-state index in [1.165, 1.54) is 18.0 Å². The Hall–Kier alpha value is -1.47. The molecule has 0 amide bonds. The van der Waals surface area contributed by atoms with Gasteiger partial charge in [0.25, 0.3) is 0 Å².